The van der Waals surface area contributed by atoms with Crippen molar-refractivity contribution in [3.8, 4) is 0 Å². The molecular weight excluding hydrogens is 340 g/mol. The number of ketones is 1. The summed E-state index contributed by atoms with van der Waals surface area (Å²) in [7, 11) is 1.59. The van der Waals surface area contributed by atoms with Gasteiger partial charge in [-0.2, -0.15) is 0 Å². The maximum atomic E-state index is 12.0. The summed E-state index contributed by atoms with van der Waals surface area (Å²) in [6.07, 6.45) is 0.690. The van der Waals surface area contributed by atoms with Crippen LogP contribution in [0.25, 0.3) is 0 Å². The molecule has 1 aliphatic heterocycles. The third-order valence-corrected chi connectivity index (χ3v) is 3.73. The van der Waals surface area contributed by atoms with Gasteiger partial charge in [-0.1, -0.05) is 6.07 Å². The Morgan fingerprint density at radius 3 is 2.86 bits per heavy atom. The van der Waals surface area contributed by atoms with Crippen LogP contribution < -0.4 is 10.2 Å². The van der Waals surface area contributed by atoms with E-state index in [0.29, 0.717) is 35.3 Å². The highest BCUT2D eigenvalue weighted by atomic mass is 79.9. The highest BCUT2D eigenvalue weighted by Gasteiger charge is 2.37. The number of benzene rings is 1. The molecule has 1 heterocycles. The molecule has 7 heteroatoms. The van der Waals surface area contributed by atoms with Gasteiger partial charge in [0, 0.05) is 24.7 Å². The minimum atomic E-state index is -0.677. The van der Waals surface area contributed by atoms with E-state index in [9.17, 15) is 14.4 Å². The zero-order valence-corrected chi connectivity index (χ0v) is 13.1. The van der Waals surface area contributed by atoms with E-state index in [4.69, 9.17) is 4.74 Å². The van der Waals surface area contributed by atoms with Gasteiger partial charge in [0.05, 0.1) is 11.3 Å². The van der Waals surface area contributed by atoms with Gasteiger partial charge < -0.3 is 10.1 Å². The van der Waals surface area contributed by atoms with Crippen LogP contribution in [-0.2, 0) is 14.3 Å². The Morgan fingerprint density at radius 1 is 1.38 bits per heavy atom. The topological polar surface area (TPSA) is 75.7 Å². The first-order valence-corrected chi connectivity index (χ1v) is 7.26. The van der Waals surface area contributed by atoms with E-state index in [-0.39, 0.29) is 12.5 Å². The van der Waals surface area contributed by atoms with Crippen molar-refractivity contribution in [1.82, 2.24) is 5.32 Å². The van der Waals surface area contributed by atoms with Crippen LogP contribution in [0.3, 0.4) is 0 Å². The van der Waals surface area contributed by atoms with Crippen molar-refractivity contribution in [2.24, 2.45) is 0 Å². The molecule has 0 saturated carbocycles. The smallest absolute Gasteiger partial charge is 0.299 e. The maximum Gasteiger partial charge on any atom is 0.299 e. The molecule has 21 heavy (non-hydrogen) atoms. The van der Waals surface area contributed by atoms with Crippen LogP contribution in [0.1, 0.15) is 16.8 Å². The normalized spacial score (nSPS) is 13.5. The van der Waals surface area contributed by atoms with Crippen LogP contribution in [0.2, 0.25) is 0 Å². The van der Waals surface area contributed by atoms with Crippen molar-refractivity contribution in [3.63, 3.8) is 0 Å². The molecule has 2 rings (SSSR count). The van der Waals surface area contributed by atoms with Crippen LogP contribution in [0.4, 0.5) is 5.69 Å². The lowest BCUT2D eigenvalue weighted by Gasteiger charge is -2.17. The fraction of sp³-hybridized carbons (Fsp3) is 0.357. The fourth-order valence-corrected chi connectivity index (χ4v) is 2.69. The van der Waals surface area contributed by atoms with E-state index in [0.717, 1.165) is 0 Å². The lowest BCUT2D eigenvalue weighted by Crippen LogP contribution is -2.40. The lowest BCUT2D eigenvalue weighted by molar-refractivity contribution is -0.122. The molecule has 0 unspecified atom stereocenters. The fourth-order valence-electron chi connectivity index (χ4n) is 2.11. The standard InChI is InChI=1S/C14H15BrN2O4/c1-21-7-3-6-16-11(18)8-17-12-9(13(19)14(17)20)4-2-5-10(12)15/h2,4-5H,3,6-8H2,1H3,(H,16,18). The number of nitrogens with one attached hydrogen (secondary N) is 1. The number of carbonyl (C=O) groups is 3. The molecule has 0 aliphatic carbocycles. The van der Waals surface area contributed by atoms with Gasteiger partial charge in [-0.25, -0.2) is 0 Å². The highest BCUT2D eigenvalue weighted by molar-refractivity contribution is 9.10. The molecule has 1 aromatic rings. The summed E-state index contributed by atoms with van der Waals surface area (Å²) in [5, 5.41) is 2.69. The van der Waals surface area contributed by atoms with E-state index in [2.05, 4.69) is 21.2 Å². The van der Waals surface area contributed by atoms with E-state index in [1.54, 1.807) is 25.3 Å². The van der Waals surface area contributed by atoms with Crippen LogP contribution in [-0.4, -0.2) is 44.4 Å². The van der Waals surface area contributed by atoms with Crippen molar-refractivity contribution < 1.29 is 19.1 Å². The summed E-state index contributed by atoms with van der Waals surface area (Å²) in [5.41, 5.74) is 0.779. The number of amides is 2. The van der Waals surface area contributed by atoms with Crippen LogP contribution in [0.5, 0.6) is 0 Å². The molecule has 0 aromatic heterocycles. The van der Waals surface area contributed by atoms with E-state index >= 15 is 0 Å². The van der Waals surface area contributed by atoms with E-state index < -0.39 is 11.7 Å². The Labute approximate surface area is 130 Å². The Hall–Kier alpha value is -1.73. The number of halogens is 1. The summed E-state index contributed by atoms with van der Waals surface area (Å²) in [5.74, 6) is -1.57. The summed E-state index contributed by atoms with van der Waals surface area (Å²) in [6, 6.07) is 4.99. The lowest BCUT2D eigenvalue weighted by atomic mass is 10.1. The SMILES string of the molecule is COCCCNC(=O)CN1C(=O)C(=O)c2cccc(Br)c21. The Kier molecular flexibility index (Phi) is 5.08. The number of hydrogen-bond donors (Lipinski definition) is 1. The number of carbonyl (C=O) groups excluding carboxylic acids is 3. The van der Waals surface area contributed by atoms with Crippen molar-refractivity contribution >= 4 is 39.2 Å². The van der Waals surface area contributed by atoms with Gasteiger partial charge in [0.25, 0.3) is 11.7 Å². The molecule has 0 spiro atoms. The number of anilines is 1. The Morgan fingerprint density at radius 2 is 2.14 bits per heavy atom. The van der Waals surface area contributed by atoms with Crippen molar-refractivity contribution in [2.75, 3.05) is 31.7 Å². The van der Waals surface area contributed by atoms with Crippen LogP contribution in [0.15, 0.2) is 22.7 Å². The first-order chi connectivity index (χ1) is 10.1. The molecule has 0 saturated heterocycles. The molecule has 0 radical (unpaired) electrons. The summed E-state index contributed by atoms with van der Waals surface area (Å²) >= 11 is 3.31. The third kappa shape index (κ3) is 3.30. The Balaban J connectivity index is 2.06. The minimum absolute atomic E-state index is 0.173. The second-order valence-corrected chi connectivity index (χ2v) is 5.41. The van der Waals surface area contributed by atoms with Crippen molar-refractivity contribution in [1.29, 1.82) is 0 Å². The predicted molar refractivity (Wildman–Crippen MR) is 80.3 cm³/mol. The van der Waals surface area contributed by atoms with Gasteiger partial charge in [-0.15, -0.1) is 0 Å². The molecule has 0 atom stereocenters. The molecule has 6 nitrogen and oxygen atoms in total. The monoisotopic (exact) mass is 354 g/mol. The van der Waals surface area contributed by atoms with Gasteiger partial charge in [0.15, 0.2) is 0 Å². The second-order valence-electron chi connectivity index (χ2n) is 4.55. The average Bonchev–Trinajstić information content (AvgIpc) is 2.70. The number of ether oxygens (including phenoxy) is 1. The van der Waals surface area contributed by atoms with Gasteiger partial charge >= 0.3 is 0 Å². The number of Topliss-reactive ketones (excluding diaryl/α,β-unsaturated/α-hetero) is 1. The number of methoxy groups -OCH3 is 1. The zero-order chi connectivity index (χ0) is 15.4. The number of para-hydroxylation sites is 1. The summed E-state index contributed by atoms with van der Waals surface area (Å²) in [6.45, 7) is 0.842. The number of fused-ring (bicyclic) bond motifs is 1. The van der Waals surface area contributed by atoms with Crippen LogP contribution >= 0.6 is 15.9 Å². The average molecular weight is 355 g/mol. The minimum Gasteiger partial charge on any atom is -0.385 e. The first kappa shape index (κ1) is 15.7. The van der Waals surface area contributed by atoms with Gasteiger partial charge in [-0.05, 0) is 34.5 Å². The number of hydrogen-bond acceptors (Lipinski definition) is 4. The largest absolute Gasteiger partial charge is 0.385 e. The molecule has 2 amide bonds. The molecule has 0 bridgehead atoms. The molecular formula is C14H15BrN2O4. The molecule has 0 fully saturated rings. The molecule has 1 N–H and O–H groups in total. The van der Waals surface area contributed by atoms with Crippen LogP contribution in [0, 0.1) is 0 Å². The van der Waals surface area contributed by atoms with E-state index in [1.807, 2.05) is 0 Å². The third-order valence-electron chi connectivity index (χ3n) is 3.09. The van der Waals surface area contributed by atoms with Crippen molar-refractivity contribution in [3.05, 3.63) is 28.2 Å². The predicted octanol–water partition coefficient (Wildman–Crippen LogP) is 1.13. The number of nitrogens with zero attached hydrogens (tertiary/aromatic N) is 1. The maximum absolute atomic E-state index is 12.0. The second kappa shape index (κ2) is 6.82. The van der Waals surface area contributed by atoms with Gasteiger partial charge in [0.1, 0.15) is 6.54 Å². The molecule has 112 valence electrons. The summed E-state index contributed by atoms with van der Waals surface area (Å²) < 4.78 is 5.50. The highest BCUT2D eigenvalue weighted by Crippen LogP contribution is 2.35. The quantitative estimate of drug-likeness (QED) is 0.613. The van der Waals surface area contributed by atoms with Gasteiger partial charge in [-0.3, -0.25) is 19.3 Å². The van der Waals surface area contributed by atoms with Gasteiger partial charge in [0.2, 0.25) is 5.91 Å². The Bertz CT molecular complexity index is 588. The first-order valence-electron chi connectivity index (χ1n) is 6.46. The van der Waals surface area contributed by atoms with Crippen molar-refractivity contribution in [2.45, 2.75) is 6.42 Å². The zero-order valence-electron chi connectivity index (χ0n) is 11.5. The molecule has 1 aliphatic rings. The summed E-state index contributed by atoms with van der Waals surface area (Å²) in [4.78, 5) is 36.9. The van der Waals surface area contributed by atoms with E-state index in [1.165, 1.54) is 4.90 Å². The number of rotatable bonds is 6. The molecule has 1 aromatic carbocycles.